The number of allylic oxidation sites excluding steroid dienone is 2. The Morgan fingerprint density at radius 2 is 1.82 bits per heavy atom. The van der Waals surface area contributed by atoms with Crippen LogP contribution in [0.4, 0.5) is 5.69 Å². The number of carbonyl (C=O) groups is 1. The van der Waals surface area contributed by atoms with Crippen LogP contribution in [0.25, 0.3) is 0 Å². The van der Waals surface area contributed by atoms with Crippen LogP contribution < -0.4 is 9.64 Å². The van der Waals surface area contributed by atoms with E-state index < -0.39 is 0 Å². The predicted molar refractivity (Wildman–Crippen MR) is 87.3 cm³/mol. The Kier molecular flexibility index (Phi) is 3.85. The van der Waals surface area contributed by atoms with E-state index in [1.807, 2.05) is 43.0 Å². The molecule has 1 aromatic carbocycles. The number of fused-ring (bicyclic) bond motifs is 1. The number of hydrogen-bond acceptors (Lipinski definition) is 5. The second-order valence-electron chi connectivity index (χ2n) is 4.77. The van der Waals surface area contributed by atoms with Crippen LogP contribution in [-0.2, 0) is 9.53 Å². The molecule has 0 unspecified atom stereocenters. The van der Waals surface area contributed by atoms with Gasteiger partial charge in [0.1, 0.15) is 0 Å². The van der Waals surface area contributed by atoms with Crippen LogP contribution in [0.1, 0.15) is 13.8 Å². The first-order chi connectivity index (χ1) is 10.7. The molecule has 0 saturated carbocycles. The third-order valence-electron chi connectivity index (χ3n) is 3.52. The molecule has 0 N–H and O–H groups in total. The predicted octanol–water partition coefficient (Wildman–Crippen LogP) is 2.79. The van der Waals surface area contributed by atoms with E-state index in [2.05, 4.69) is 0 Å². The van der Waals surface area contributed by atoms with Crippen molar-refractivity contribution in [1.29, 1.82) is 0 Å². The second kappa shape index (κ2) is 5.81. The van der Waals surface area contributed by atoms with Crippen molar-refractivity contribution in [2.24, 2.45) is 0 Å². The molecule has 5 nitrogen and oxygen atoms in total. The molecule has 1 saturated heterocycles. The van der Waals surface area contributed by atoms with Crippen molar-refractivity contribution in [2.45, 2.75) is 13.8 Å². The number of thiocarbonyl (C=S) groups is 1. The highest BCUT2D eigenvalue weighted by molar-refractivity contribution is 7.80. The SMILES string of the molecule is CCN1C(=O)/C(=C\C=C2/Oc3ccccc3N2CC)OC1=S. The van der Waals surface area contributed by atoms with E-state index in [1.165, 1.54) is 4.90 Å². The molecular weight excluding hydrogens is 300 g/mol. The molecule has 3 rings (SSSR count). The van der Waals surface area contributed by atoms with E-state index in [9.17, 15) is 4.79 Å². The van der Waals surface area contributed by atoms with E-state index in [0.717, 1.165) is 18.0 Å². The van der Waals surface area contributed by atoms with Crippen LogP contribution in [0.3, 0.4) is 0 Å². The first-order valence-corrected chi connectivity index (χ1v) is 7.56. The summed E-state index contributed by atoms with van der Waals surface area (Å²) in [6.07, 6.45) is 3.34. The highest BCUT2D eigenvalue weighted by atomic mass is 32.1. The number of likely N-dealkylation sites (N-methyl/N-ethyl adjacent to an activating group) is 1. The van der Waals surface area contributed by atoms with Crippen molar-refractivity contribution in [3.8, 4) is 5.75 Å². The maximum Gasteiger partial charge on any atom is 0.297 e. The van der Waals surface area contributed by atoms with Crippen molar-refractivity contribution < 1.29 is 14.3 Å². The molecule has 1 fully saturated rings. The quantitative estimate of drug-likeness (QED) is 0.633. The van der Waals surface area contributed by atoms with Gasteiger partial charge < -0.3 is 14.4 Å². The van der Waals surface area contributed by atoms with Crippen molar-refractivity contribution in [1.82, 2.24) is 4.90 Å². The summed E-state index contributed by atoms with van der Waals surface area (Å²) in [5.41, 5.74) is 1.01. The van der Waals surface area contributed by atoms with E-state index in [1.54, 1.807) is 12.2 Å². The van der Waals surface area contributed by atoms with Crippen LogP contribution in [-0.4, -0.2) is 29.1 Å². The lowest BCUT2D eigenvalue weighted by atomic mass is 10.3. The van der Waals surface area contributed by atoms with Gasteiger partial charge in [-0.25, -0.2) is 0 Å². The molecule has 1 aromatic rings. The highest BCUT2D eigenvalue weighted by Gasteiger charge is 2.32. The molecule has 2 heterocycles. The van der Waals surface area contributed by atoms with Gasteiger partial charge in [0.25, 0.3) is 11.1 Å². The number of rotatable bonds is 3. The molecule has 0 aliphatic carbocycles. The molecule has 0 aromatic heterocycles. The lowest BCUT2D eigenvalue weighted by Crippen LogP contribution is -2.27. The lowest BCUT2D eigenvalue weighted by Gasteiger charge is -2.14. The van der Waals surface area contributed by atoms with Crippen molar-refractivity contribution in [3.05, 3.63) is 48.1 Å². The summed E-state index contributed by atoms with van der Waals surface area (Å²) in [6.45, 7) is 5.15. The summed E-state index contributed by atoms with van der Waals surface area (Å²) in [5, 5.41) is 0.195. The smallest absolute Gasteiger partial charge is 0.297 e. The fourth-order valence-corrected chi connectivity index (χ4v) is 2.74. The Bertz CT molecular complexity index is 696. The number of benzene rings is 1. The number of carbonyl (C=O) groups excluding carboxylic acids is 1. The zero-order valence-corrected chi connectivity index (χ0v) is 13.2. The molecule has 114 valence electrons. The molecule has 22 heavy (non-hydrogen) atoms. The summed E-state index contributed by atoms with van der Waals surface area (Å²) in [6, 6.07) is 7.80. The first kappa shape index (κ1) is 14.6. The Balaban J connectivity index is 1.87. The first-order valence-electron chi connectivity index (χ1n) is 7.15. The zero-order valence-electron chi connectivity index (χ0n) is 12.4. The molecule has 6 heteroatoms. The molecule has 0 atom stereocenters. The van der Waals surface area contributed by atoms with Gasteiger partial charge >= 0.3 is 0 Å². The fourth-order valence-electron chi connectivity index (χ4n) is 2.44. The number of anilines is 1. The van der Waals surface area contributed by atoms with E-state index in [0.29, 0.717) is 12.4 Å². The number of ether oxygens (including phenoxy) is 2. The standard InChI is InChI=1S/C16H16N2O3S/c1-3-17-11-7-5-6-8-12(11)20-14(17)10-9-13-15(19)18(4-2)16(22)21-13/h5-10H,3-4H2,1-2H3/b13-9+,14-10-. The maximum absolute atomic E-state index is 12.1. The van der Waals surface area contributed by atoms with Gasteiger partial charge in [-0.15, -0.1) is 0 Å². The lowest BCUT2D eigenvalue weighted by molar-refractivity contribution is -0.122. The Morgan fingerprint density at radius 3 is 2.50 bits per heavy atom. The molecule has 1 amide bonds. The van der Waals surface area contributed by atoms with Crippen LogP contribution in [0.5, 0.6) is 5.75 Å². The number of nitrogens with zero attached hydrogens (tertiary/aromatic N) is 2. The fraction of sp³-hybridized carbons (Fsp3) is 0.250. The van der Waals surface area contributed by atoms with Gasteiger partial charge in [-0.2, -0.15) is 0 Å². The van der Waals surface area contributed by atoms with Gasteiger partial charge in [0, 0.05) is 19.2 Å². The average Bonchev–Trinajstić information content (AvgIpc) is 3.01. The summed E-state index contributed by atoms with van der Waals surface area (Å²) in [5.74, 6) is 1.46. The van der Waals surface area contributed by atoms with Crippen LogP contribution >= 0.6 is 12.2 Å². The average molecular weight is 316 g/mol. The third kappa shape index (κ3) is 2.35. The molecule has 0 radical (unpaired) electrons. The van der Waals surface area contributed by atoms with Gasteiger partial charge in [-0.1, -0.05) is 12.1 Å². The normalized spacial score (nSPS) is 20.6. The van der Waals surface area contributed by atoms with E-state index in [4.69, 9.17) is 21.7 Å². The summed E-state index contributed by atoms with van der Waals surface area (Å²) >= 11 is 5.03. The van der Waals surface area contributed by atoms with Gasteiger partial charge in [0.15, 0.2) is 11.5 Å². The zero-order chi connectivity index (χ0) is 15.7. The minimum absolute atomic E-state index is 0.195. The van der Waals surface area contributed by atoms with Crippen molar-refractivity contribution in [2.75, 3.05) is 18.0 Å². The third-order valence-corrected chi connectivity index (χ3v) is 3.82. The summed E-state index contributed by atoms with van der Waals surface area (Å²) in [4.78, 5) is 15.5. The van der Waals surface area contributed by atoms with Gasteiger partial charge in [-0.05, 0) is 44.3 Å². The molecule has 2 aliphatic rings. The largest absolute Gasteiger partial charge is 0.439 e. The molecule has 0 spiro atoms. The number of para-hydroxylation sites is 2. The topological polar surface area (TPSA) is 42.0 Å². The van der Waals surface area contributed by atoms with Crippen LogP contribution in [0, 0.1) is 0 Å². The molecule has 0 bridgehead atoms. The van der Waals surface area contributed by atoms with Crippen LogP contribution in [0.2, 0.25) is 0 Å². The summed E-state index contributed by atoms with van der Waals surface area (Å²) in [7, 11) is 0. The Morgan fingerprint density at radius 1 is 1.09 bits per heavy atom. The highest BCUT2D eigenvalue weighted by Crippen LogP contribution is 2.38. The molecular formula is C16H16N2O3S. The van der Waals surface area contributed by atoms with E-state index >= 15 is 0 Å². The summed E-state index contributed by atoms with van der Waals surface area (Å²) < 4.78 is 11.1. The minimum Gasteiger partial charge on any atom is -0.439 e. The van der Waals surface area contributed by atoms with Crippen molar-refractivity contribution >= 4 is 29.0 Å². The van der Waals surface area contributed by atoms with Gasteiger partial charge in [-0.3, -0.25) is 9.69 Å². The Labute approximate surface area is 134 Å². The van der Waals surface area contributed by atoms with Crippen LogP contribution in [0.15, 0.2) is 48.1 Å². The van der Waals surface area contributed by atoms with Gasteiger partial charge in [0.05, 0.1) is 5.69 Å². The number of amides is 1. The maximum atomic E-state index is 12.1. The molecule has 2 aliphatic heterocycles. The van der Waals surface area contributed by atoms with E-state index in [-0.39, 0.29) is 16.8 Å². The van der Waals surface area contributed by atoms with Crippen molar-refractivity contribution in [3.63, 3.8) is 0 Å². The minimum atomic E-state index is -0.220. The number of hydrogen-bond donors (Lipinski definition) is 0. The Hall–Kier alpha value is -2.34. The van der Waals surface area contributed by atoms with Gasteiger partial charge in [0.2, 0.25) is 5.88 Å². The second-order valence-corrected chi connectivity index (χ2v) is 5.12. The monoisotopic (exact) mass is 316 g/mol.